The van der Waals surface area contributed by atoms with E-state index in [1.54, 1.807) is 7.11 Å². The third-order valence-electron chi connectivity index (χ3n) is 3.25. The average molecular weight is 266 g/mol. The van der Waals surface area contributed by atoms with Crippen molar-refractivity contribution in [1.82, 2.24) is 0 Å². The molecule has 0 fully saturated rings. The molecule has 0 heterocycles. The van der Waals surface area contributed by atoms with Gasteiger partial charge in [-0.05, 0) is 29.5 Å². The molecule has 1 rings (SSSR count). The molecule has 1 aromatic carbocycles. The van der Waals surface area contributed by atoms with E-state index in [2.05, 4.69) is 59.7 Å². The van der Waals surface area contributed by atoms with Crippen LogP contribution in [0.5, 0.6) is 5.75 Å². The van der Waals surface area contributed by atoms with E-state index >= 15 is 0 Å². The summed E-state index contributed by atoms with van der Waals surface area (Å²) in [5.41, 5.74) is 1.55. The summed E-state index contributed by atoms with van der Waals surface area (Å²) in [5, 5.41) is 0. The summed E-state index contributed by atoms with van der Waals surface area (Å²) in [6.45, 7) is 13.4. The van der Waals surface area contributed by atoms with E-state index in [4.69, 9.17) is 4.74 Å². The van der Waals surface area contributed by atoms with Crippen LogP contribution in [0.2, 0.25) is 0 Å². The molecular weight excluding hydrogens is 240 g/mol. The molecule has 18 heavy (non-hydrogen) atoms. The molecule has 0 radical (unpaired) electrons. The monoisotopic (exact) mass is 266 g/mol. The van der Waals surface area contributed by atoms with Crippen molar-refractivity contribution < 1.29 is 4.74 Å². The molecule has 102 valence electrons. The summed E-state index contributed by atoms with van der Waals surface area (Å²) < 4.78 is 5.75. The van der Waals surface area contributed by atoms with Gasteiger partial charge < -0.3 is 4.74 Å². The number of benzene rings is 1. The topological polar surface area (TPSA) is 9.23 Å². The van der Waals surface area contributed by atoms with Crippen molar-refractivity contribution in [3.63, 3.8) is 0 Å². The zero-order valence-electron chi connectivity index (χ0n) is 12.8. The Bertz CT molecular complexity index is 402. The minimum absolute atomic E-state index is 0.203. The molecule has 2 heteroatoms. The molecule has 0 atom stereocenters. The smallest absolute Gasteiger partial charge is 0.132 e. The second-order valence-electron chi connectivity index (χ2n) is 6.32. The van der Waals surface area contributed by atoms with E-state index in [1.165, 1.54) is 10.5 Å². The van der Waals surface area contributed by atoms with Gasteiger partial charge in [-0.2, -0.15) is 0 Å². The van der Waals surface area contributed by atoms with Crippen LogP contribution in [-0.4, -0.2) is 11.9 Å². The summed E-state index contributed by atoms with van der Waals surface area (Å²) in [4.78, 5) is 1.22. The fourth-order valence-corrected chi connectivity index (χ4v) is 2.75. The summed E-state index contributed by atoms with van der Waals surface area (Å²) >= 11 is 1.85. The normalized spacial score (nSPS) is 12.6. The fraction of sp³-hybridized carbons (Fsp3) is 0.625. The first-order valence-electron chi connectivity index (χ1n) is 6.57. The number of hydrogen-bond donors (Lipinski definition) is 0. The van der Waals surface area contributed by atoms with E-state index in [1.807, 2.05) is 11.8 Å². The molecule has 0 amide bonds. The summed E-state index contributed by atoms with van der Waals surface area (Å²) in [6.07, 6.45) is 1.13. The molecule has 0 bridgehead atoms. The Morgan fingerprint density at radius 2 is 1.72 bits per heavy atom. The summed E-state index contributed by atoms with van der Waals surface area (Å²) in [6, 6.07) is 6.62. The lowest BCUT2D eigenvalue weighted by Crippen LogP contribution is -2.15. The van der Waals surface area contributed by atoms with Gasteiger partial charge in [0, 0.05) is 9.64 Å². The predicted octanol–water partition coefficient (Wildman–Crippen LogP) is 5.27. The van der Waals surface area contributed by atoms with Crippen LogP contribution in [0.25, 0.3) is 0 Å². The van der Waals surface area contributed by atoms with Gasteiger partial charge in [-0.1, -0.05) is 47.6 Å². The van der Waals surface area contributed by atoms with Gasteiger partial charge in [0.15, 0.2) is 0 Å². The Morgan fingerprint density at radius 3 is 2.17 bits per heavy atom. The first-order valence-corrected chi connectivity index (χ1v) is 7.39. The van der Waals surface area contributed by atoms with Crippen LogP contribution < -0.4 is 4.74 Å². The Kier molecular flexibility index (Phi) is 4.77. The molecule has 0 aliphatic carbocycles. The Balaban J connectivity index is 3.12. The van der Waals surface area contributed by atoms with Crippen LogP contribution in [0, 0.1) is 0 Å². The average Bonchev–Trinajstić information content (AvgIpc) is 2.27. The van der Waals surface area contributed by atoms with Gasteiger partial charge in [-0.15, -0.1) is 11.8 Å². The maximum Gasteiger partial charge on any atom is 0.132 e. The van der Waals surface area contributed by atoms with Crippen molar-refractivity contribution in [1.29, 1.82) is 0 Å². The van der Waals surface area contributed by atoms with Crippen molar-refractivity contribution in [3.8, 4) is 5.75 Å². The van der Waals surface area contributed by atoms with Crippen LogP contribution >= 0.6 is 11.8 Å². The molecule has 0 spiro atoms. The van der Waals surface area contributed by atoms with Crippen LogP contribution in [0.15, 0.2) is 23.1 Å². The summed E-state index contributed by atoms with van der Waals surface area (Å²) in [7, 11) is 1.75. The number of rotatable bonds is 4. The largest absolute Gasteiger partial charge is 0.496 e. The summed E-state index contributed by atoms with van der Waals surface area (Å²) in [5.74, 6) is 0.994. The highest BCUT2D eigenvalue weighted by Gasteiger charge is 2.21. The van der Waals surface area contributed by atoms with E-state index < -0.39 is 0 Å². The lowest BCUT2D eigenvalue weighted by molar-refractivity contribution is 0.401. The zero-order chi connectivity index (χ0) is 14.0. The third-order valence-corrected chi connectivity index (χ3v) is 4.41. The van der Waals surface area contributed by atoms with Gasteiger partial charge in [-0.3, -0.25) is 0 Å². The molecule has 0 saturated heterocycles. The fourth-order valence-electron chi connectivity index (χ4n) is 1.71. The quantitative estimate of drug-likeness (QED) is 0.686. The van der Waals surface area contributed by atoms with Crippen LogP contribution in [0.1, 0.15) is 53.5 Å². The van der Waals surface area contributed by atoms with Crippen LogP contribution in [0.3, 0.4) is 0 Å². The van der Waals surface area contributed by atoms with E-state index in [-0.39, 0.29) is 10.2 Å². The maximum absolute atomic E-state index is 5.55. The first-order chi connectivity index (χ1) is 8.19. The zero-order valence-corrected chi connectivity index (χ0v) is 13.6. The highest BCUT2D eigenvalue weighted by atomic mass is 32.2. The van der Waals surface area contributed by atoms with Crippen LogP contribution in [0.4, 0.5) is 0 Å². The SMILES string of the molecule is CCC(C)(C)c1ccc(SC(C)(C)C)c(OC)c1. The minimum Gasteiger partial charge on any atom is -0.496 e. The van der Waals surface area contributed by atoms with E-state index in [0.29, 0.717) is 0 Å². The standard InChI is InChI=1S/C16H26OS/c1-8-16(5,6)12-9-10-14(13(11-12)17-7)18-15(2,3)4/h9-11H,8H2,1-7H3. The highest BCUT2D eigenvalue weighted by molar-refractivity contribution is 8.00. The molecular formula is C16H26OS. The van der Waals surface area contributed by atoms with Crippen molar-refractivity contribution in [2.45, 2.75) is 63.0 Å². The van der Waals surface area contributed by atoms with E-state index in [9.17, 15) is 0 Å². The number of thioether (sulfide) groups is 1. The Morgan fingerprint density at radius 1 is 1.11 bits per heavy atom. The second kappa shape index (κ2) is 5.56. The van der Waals surface area contributed by atoms with Gasteiger partial charge in [0.05, 0.1) is 7.11 Å². The van der Waals surface area contributed by atoms with E-state index in [0.717, 1.165) is 12.2 Å². The molecule has 0 saturated carbocycles. The first kappa shape index (κ1) is 15.4. The highest BCUT2D eigenvalue weighted by Crippen LogP contribution is 2.40. The number of ether oxygens (including phenoxy) is 1. The molecule has 0 aliphatic rings. The predicted molar refractivity (Wildman–Crippen MR) is 81.9 cm³/mol. The Labute approximate surface area is 116 Å². The lowest BCUT2D eigenvalue weighted by Gasteiger charge is -2.25. The number of methoxy groups -OCH3 is 1. The molecule has 0 aliphatic heterocycles. The lowest BCUT2D eigenvalue weighted by atomic mass is 9.82. The number of hydrogen-bond acceptors (Lipinski definition) is 2. The van der Waals surface area contributed by atoms with Gasteiger partial charge in [0.1, 0.15) is 5.75 Å². The van der Waals surface area contributed by atoms with Crippen molar-refractivity contribution >= 4 is 11.8 Å². The van der Waals surface area contributed by atoms with Gasteiger partial charge in [0.25, 0.3) is 0 Å². The van der Waals surface area contributed by atoms with Crippen molar-refractivity contribution in [3.05, 3.63) is 23.8 Å². The molecule has 0 N–H and O–H groups in total. The molecule has 0 aromatic heterocycles. The Hall–Kier alpha value is -0.630. The molecule has 1 aromatic rings. The van der Waals surface area contributed by atoms with Gasteiger partial charge >= 0.3 is 0 Å². The molecule has 0 unspecified atom stereocenters. The minimum atomic E-state index is 0.203. The van der Waals surface area contributed by atoms with Gasteiger partial charge in [0.2, 0.25) is 0 Å². The second-order valence-corrected chi connectivity index (χ2v) is 8.19. The van der Waals surface area contributed by atoms with Crippen molar-refractivity contribution in [2.24, 2.45) is 0 Å². The maximum atomic E-state index is 5.55. The van der Waals surface area contributed by atoms with Gasteiger partial charge in [-0.25, -0.2) is 0 Å². The molecule has 1 nitrogen and oxygen atoms in total. The third kappa shape index (κ3) is 3.94. The van der Waals surface area contributed by atoms with Crippen LogP contribution in [-0.2, 0) is 5.41 Å². The van der Waals surface area contributed by atoms with Crippen molar-refractivity contribution in [2.75, 3.05) is 7.11 Å².